The number of fused-ring (bicyclic) bond motifs is 1. The molecule has 0 unspecified atom stereocenters. The van der Waals surface area contributed by atoms with Crippen LogP contribution in [0.2, 0.25) is 0 Å². The number of nitrogens with one attached hydrogen (secondary N) is 1. The van der Waals surface area contributed by atoms with Crippen LogP contribution in [0, 0.1) is 6.92 Å². The fraction of sp³-hybridized carbons (Fsp3) is 0.100. The molecule has 1 N–H and O–H groups in total. The Morgan fingerprint density at radius 2 is 1.96 bits per heavy atom. The van der Waals surface area contributed by atoms with Gasteiger partial charge in [0.1, 0.15) is 6.54 Å². The van der Waals surface area contributed by atoms with Gasteiger partial charge >= 0.3 is 0 Å². The summed E-state index contributed by atoms with van der Waals surface area (Å²) in [7, 11) is 0. The van der Waals surface area contributed by atoms with E-state index in [1.165, 1.54) is 10.8 Å². The molecule has 28 heavy (non-hydrogen) atoms. The number of rotatable bonds is 5. The van der Waals surface area contributed by atoms with Gasteiger partial charge in [-0.15, -0.1) is 11.3 Å². The van der Waals surface area contributed by atoms with Crippen LogP contribution in [0.5, 0.6) is 0 Å². The van der Waals surface area contributed by atoms with Crippen molar-refractivity contribution in [3.63, 3.8) is 0 Å². The molecule has 0 saturated heterocycles. The van der Waals surface area contributed by atoms with Gasteiger partial charge in [0.2, 0.25) is 5.91 Å². The first-order chi connectivity index (χ1) is 13.6. The zero-order chi connectivity index (χ0) is 19.5. The molecule has 0 fully saturated rings. The van der Waals surface area contributed by atoms with Crippen molar-refractivity contribution >= 4 is 45.7 Å². The number of nitrogens with zero attached hydrogens (tertiary/aromatic N) is 3. The number of hydrogen-bond acceptors (Lipinski definition) is 6. The highest BCUT2D eigenvalue weighted by Crippen LogP contribution is 2.30. The minimum Gasteiger partial charge on any atom is -0.325 e. The number of carbonyl (C=O) groups is 1. The highest BCUT2D eigenvalue weighted by molar-refractivity contribution is 8.01. The van der Waals surface area contributed by atoms with Gasteiger partial charge in [-0.25, -0.2) is 9.97 Å². The van der Waals surface area contributed by atoms with Crippen LogP contribution >= 0.6 is 23.1 Å². The molecule has 0 aliphatic heterocycles. The van der Waals surface area contributed by atoms with Crippen LogP contribution in [0.1, 0.15) is 5.69 Å². The van der Waals surface area contributed by atoms with Gasteiger partial charge in [-0.05, 0) is 43.3 Å². The number of amides is 1. The summed E-state index contributed by atoms with van der Waals surface area (Å²) in [5, 5.41) is 4.85. The highest BCUT2D eigenvalue weighted by atomic mass is 32.2. The van der Waals surface area contributed by atoms with Gasteiger partial charge in [-0.1, -0.05) is 23.9 Å². The second kappa shape index (κ2) is 7.95. The number of anilines is 1. The van der Waals surface area contributed by atoms with Crippen molar-refractivity contribution in [1.82, 2.24) is 14.5 Å². The standard InChI is InChI=1S/C20H16N4O2S2/c1-13-12-27-20(22-13)28-15-8-6-14(7-9-15)23-18(25)11-24-17-5-3-2-4-16(17)21-10-19(24)26/h2-10,12H,11H2,1H3,(H,23,25). The average Bonchev–Trinajstić information content (AvgIpc) is 3.10. The van der Waals surface area contributed by atoms with Crippen molar-refractivity contribution in [2.45, 2.75) is 22.7 Å². The zero-order valence-electron chi connectivity index (χ0n) is 15.0. The van der Waals surface area contributed by atoms with E-state index in [1.807, 2.05) is 54.8 Å². The Balaban J connectivity index is 1.46. The smallest absolute Gasteiger partial charge is 0.269 e. The van der Waals surface area contributed by atoms with Gasteiger partial charge in [-0.3, -0.25) is 14.2 Å². The van der Waals surface area contributed by atoms with Gasteiger partial charge in [0.25, 0.3) is 5.56 Å². The van der Waals surface area contributed by atoms with Crippen LogP contribution in [-0.4, -0.2) is 20.4 Å². The molecule has 6 nitrogen and oxygen atoms in total. The number of aryl methyl sites for hydroxylation is 1. The molecule has 1 amide bonds. The number of benzene rings is 2. The Morgan fingerprint density at radius 1 is 1.18 bits per heavy atom. The number of aromatic nitrogens is 3. The number of carbonyl (C=O) groups excluding carboxylic acids is 1. The third-order valence-electron chi connectivity index (χ3n) is 4.00. The molecule has 4 rings (SSSR count). The molecule has 2 heterocycles. The minimum absolute atomic E-state index is 0.0727. The summed E-state index contributed by atoms with van der Waals surface area (Å²) in [4.78, 5) is 34.2. The first-order valence-electron chi connectivity index (χ1n) is 8.53. The Bertz CT molecular complexity index is 1200. The monoisotopic (exact) mass is 408 g/mol. The van der Waals surface area contributed by atoms with Crippen molar-refractivity contribution in [2.75, 3.05) is 5.32 Å². The van der Waals surface area contributed by atoms with Gasteiger partial charge in [0.15, 0.2) is 4.34 Å². The van der Waals surface area contributed by atoms with Crippen molar-refractivity contribution < 1.29 is 4.79 Å². The van der Waals surface area contributed by atoms with Gasteiger partial charge in [0.05, 0.1) is 17.2 Å². The third-order valence-corrected chi connectivity index (χ3v) is 6.06. The SMILES string of the molecule is Cc1csc(Sc2ccc(NC(=O)Cn3c(=O)cnc4ccccc43)cc2)n1. The molecular weight excluding hydrogens is 392 g/mol. The maximum Gasteiger partial charge on any atom is 0.269 e. The van der Waals surface area contributed by atoms with E-state index in [-0.39, 0.29) is 18.0 Å². The Morgan fingerprint density at radius 3 is 2.71 bits per heavy atom. The summed E-state index contributed by atoms with van der Waals surface area (Å²) in [5.41, 5.74) is 2.69. The molecule has 4 aromatic rings. The highest BCUT2D eigenvalue weighted by Gasteiger charge is 2.09. The predicted octanol–water partition coefficient (Wildman–Crippen LogP) is 3.95. The van der Waals surface area contributed by atoms with E-state index < -0.39 is 0 Å². The van der Waals surface area contributed by atoms with Crippen molar-refractivity contribution in [3.05, 3.63) is 76.2 Å². The molecule has 0 spiro atoms. The number of hydrogen-bond donors (Lipinski definition) is 1. The Kier molecular flexibility index (Phi) is 5.23. The summed E-state index contributed by atoms with van der Waals surface area (Å²) >= 11 is 3.19. The quantitative estimate of drug-likeness (QED) is 0.541. The lowest BCUT2D eigenvalue weighted by Crippen LogP contribution is -2.27. The Hall–Kier alpha value is -2.97. The molecule has 2 aromatic carbocycles. The second-order valence-electron chi connectivity index (χ2n) is 6.10. The van der Waals surface area contributed by atoms with Gasteiger partial charge < -0.3 is 5.32 Å². The first-order valence-corrected chi connectivity index (χ1v) is 10.2. The third kappa shape index (κ3) is 4.13. The fourth-order valence-electron chi connectivity index (χ4n) is 2.71. The van der Waals surface area contributed by atoms with Gasteiger partial charge in [-0.2, -0.15) is 0 Å². The summed E-state index contributed by atoms with van der Waals surface area (Å²) in [6, 6.07) is 14.8. The first kappa shape index (κ1) is 18.4. The summed E-state index contributed by atoms with van der Waals surface area (Å²) in [6.45, 7) is 1.90. The predicted molar refractivity (Wildman–Crippen MR) is 112 cm³/mol. The van der Waals surface area contributed by atoms with E-state index in [0.29, 0.717) is 16.7 Å². The van der Waals surface area contributed by atoms with Gasteiger partial charge in [0, 0.05) is 21.7 Å². The van der Waals surface area contributed by atoms with Crippen molar-refractivity contribution in [1.29, 1.82) is 0 Å². The van der Waals surface area contributed by atoms with E-state index in [1.54, 1.807) is 29.2 Å². The van der Waals surface area contributed by atoms with Crippen LogP contribution in [0.4, 0.5) is 5.69 Å². The van der Waals surface area contributed by atoms with Crippen LogP contribution in [0.15, 0.2) is 74.1 Å². The van der Waals surface area contributed by atoms with Crippen LogP contribution in [-0.2, 0) is 11.3 Å². The molecule has 2 aromatic heterocycles. The molecule has 0 saturated carbocycles. The summed E-state index contributed by atoms with van der Waals surface area (Å²) in [5.74, 6) is -0.269. The van der Waals surface area contributed by atoms with Crippen molar-refractivity contribution in [2.24, 2.45) is 0 Å². The average molecular weight is 409 g/mol. The van der Waals surface area contributed by atoms with E-state index >= 15 is 0 Å². The second-order valence-corrected chi connectivity index (χ2v) is 8.28. The molecule has 0 radical (unpaired) electrons. The van der Waals surface area contributed by atoms with Crippen molar-refractivity contribution in [3.8, 4) is 0 Å². The largest absolute Gasteiger partial charge is 0.325 e. The lowest BCUT2D eigenvalue weighted by molar-refractivity contribution is -0.116. The molecule has 8 heteroatoms. The van der Waals surface area contributed by atoms with Crippen LogP contribution in [0.3, 0.4) is 0 Å². The molecular formula is C20H16N4O2S2. The zero-order valence-corrected chi connectivity index (χ0v) is 16.6. The molecule has 140 valence electrons. The topological polar surface area (TPSA) is 76.9 Å². The fourth-order valence-corrected chi connectivity index (χ4v) is 4.52. The maximum absolute atomic E-state index is 12.5. The normalized spacial score (nSPS) is 10.9. The van der Waals surface area contributed by atoms with Crippen LogP contribution in [0.25, 0.3) is 11.0 Å². The molecule has 0 bridgehead atoms. The van der Waals surface area contributed by atoms with E-state index in [9.17, 15) is 9.59 Å². The Labute approximate surface area is 169 Å². The molecule has 0 aliphatic rings. The number of thiazole rings is 1. The minimum atomic E-state index is -0.306. The lowest BCUT2D eigenvalue weighted by atomic mass is 10.3. The van der Waals surface area contributed by atoms with E-state index in [4.69, 9.17) is 0 Å². The molecule has 0 atom stereocenters. The molecule has 0 aliphatic carbocycles. The maximum atomic E-state index is 12.5. The van der Waals surface area contributed by atoms with E-state index in [2.05, 4.69) is 15.3 Å². The van der Waals surface area contributed by atoms with Crippen LogP contribution < -0.4 is 10.9 Å². The van der Waals surface area contributed by atoms with E-state index in [0.717, 1.165) is 14.9 Å². The lowest BCUT2D eigenvalue weighted by Gasteiger charge is -2.10. The summed E-state index contributed by atoms with van der Waals surface area (Å²) in [6.07, 6.45) is 1.24. The number of para-hydroxylation sites is 2. The summed E-state index contributed by atoms with van der Waals surface area (Å²) < 4.78 is 2.41.